The lowest BCUT2D eigenvalue weighted by atomic mass is 9.96. The van der Waals surface area contributed by atoms with Crippen molar-refractivity contribution < 1.29 is 4.79 Å². The van der Waals surface area contributed by atoms with Gasteiger partial charge in [0.25, 0.3) is 0 Å². The molecular formula is C20H26N4O. The van der Waals surface area contributed by atoms with Gasteiger partial charge in [0.2, 0.25) is 5.91 Å². The van der Waals surface area contributed by atoms with Crippen LogP contribution in [0.25, 0.3) is 11.3 Å². The van der Waals surface area contributed by atoms with Gasteiger partial charge in [-0.2, -0.15) is 0 Å². The lowest BCUT2D eigenvalue weighted by molar-refractivity contribution is -0.126. The van der Waals surface area contributed by atoms with E-state index >= 15 is 0 Å². The fraction of sp³-hybridized carbons (Fsp3) is 0.500. The van der Waals surface area contributed by atoms with Crippen molar-refractivity contribution >= 4 is 5.91 Å². The summed E-state index contributed by atoms with van der Waals surface area (Å²) >= 11 is 0. The Bertz CT molecular complexity index is 722. The molecule has 1 amide bonds. The molecular weight excluding hydrogens is 312 g/mol. The van der Waals surface area contributed by atoms with Gasteiger partial charge in [-0.15, -0.1) is 0 Å². The van der Waals surface area contributed by atoms with Crippen molar-refractivity contribution in [3.8, 4) is 11.3 Å². The van der Waals surface area contributed by atoms with Crippen LogP contribution in [0.2, 0.25) is 0 Å². The molecule has 0 radical (unpaired) electrons. The van der Waals surface area contributed by atoms with Crippen LogP contribution in [0.1, 0.15) is 44.3 Å². The van der Waals surface area contributed by atoms with Crippen LogP contribution in [0.4, 0.5) is 0 Å². The molecule has 2 aromatic rings. The van der Waals surface area contributed by atoms with Gasteiger partial charge in [-0.1, -0.05) is 30.3 Å². The monoisotopic (exact) mass is 338 g/mol. The number of aromatic nitrogens is 2. The standard InChI is InChI=1S/C20H26N4O/c1-14(20(25)22-17-9-10-17)24-11-5-8-16(13-24)19-21-12-18(23-19)15-6-3-2-4-7-15/h2-4,6-7,12,14,16-17H,5,8-11,13H2,1H3,(H,21,23)(H,22,25)/t14-,16+/m1/s1. The normalized spacial score (nSPS) is 22.5. The Kier molecular flexibility index (Phi) is 4.57. The summed E-state index contributed by atoms with van der Waals surface area (Å²) in [7, 11) is 0. The van der Waals surface area contributed by atoms with Gasteiger partial charge in [-0.25, -0.2) is 4.98 Å². The van der Waals surface area contributed by atoms with E-state index in [9.17, 15) is 4.79 Å². The van der Waals surface area contributed by atoms with Crippen LogP contribution in [0.3, 0.4) is 0 Å². The predicted octanol–water partition coefficient (Wildman–Crippen LogP) is 2.92. The number of nitrogens with zero attached hydrogens (tertiary/aromatic N) is 2. The number of H-pyrrole nitrogens is 1. The Labute approximate surface area is 148 Å². The number of piperidine rings is 1. The highest BCUT2D eigenvalue weighted by Crippen LogP contribution is 2.28. The summed E-state index contributed by atoms with van der Waals surface area (Å²) in [5, 5.41) is 3.13. The number of carbonyl (C=O) groups is 1. The second kappa shape index (κ2) is 7.00. The third kappa shape index (κ3) is 3.76. The number of hydrogen-bond acceptors (Lipinski definition) is 3. The van der Waals surface area contributed by atoms with Crippen molar-refractivity contribution in [2.24, 2.45) is 0 Å². The van der Waals surface area contributed by atoms with Gasteiger partial charge in [-0.05, 0) is 44.7 Å². The molecule has 132 valence electrons. The first kappa shape index (κ1) is 16.3. The molecule has 2 aliphatic rings. The Hall–Kier alpha value is -2.14. The van der Waals surface area contributed by atoms with Gasteiger partial charge in [0.15, 0.2) is 0 Å². The van der Waals surface area contributed by atoms with Crippen molar-refractivity contribution in [2.75, 3.05) is 13.1 Å². The average Bonchev–Trinajstić information content (AvgIpc) is 3.33. The highest BCUT2D eigenvalue weighted by molar-refractivity contribution is 5.81. The Morgan fingerprint density at radius 1 is 1.28 bits per heavy atom. The smallest absolute Gasteiger partial charge is 0.237 e. The Morgan fingerprint density at radius 2 is 2.08 bits per heavy atom. The van der Waals surface area contributed by atoms with Gasteiger partial charge in [0.05, 0.1) is 17.9 Å². The minimum atomic E-state index is -0.0630. The highest BCUT2D eigenvalue weighted by Gasteiger charge is 2.32. The zero-order valence-electron chi connectivity index (χ0n) is 14.7. The van der Waals surface area contributed by atoms with Crippen LogP contribution in [0.5, 0.6) is 0 Å². The summed E-state index contributed by atoms with van der Waals surface area (Å²) in [6.45, 7) is 3.90. The number of carbonyl (C=O) groups excluding carboxylic acids is 1. The largest absolute Gasteiger partial charge is 0.352 e. The van der Waals surface area contributed by atoms with Gasteiger partial charge in [0.1, 0.15) is 5.82 Å². The maximum Gasteiger partial charge on any atom is 0.237 e. The topological polar surface area (TPSA) is 61.0 Å². The summed E-state index contributed by atoms with van der Waals surface area (Å²) in [6, 6.07) is 10.6. The van der Waals surface area contributed by atoms with E-state index in [2.05, 4.69) is 32.3 Å². The molecule has 5 nitrogen and oxygen atoms in total. The van der Waals surface area contributed by atoms with E-state index in [4.69, 9.17) is 0 Å². The van der Waals surface area contributed by atoms with Crippen molar-refractivity contribution in [3.05, 3.63) is 42.4 Å². The van der Waals surface area contributed by atoms with Crippen molar-refractivity contribution in [3.63, 3.8) is 0 Å². The van der Waals surface area contributed by atoms with E-state index in [1.54, 1.807) is 0 Å². The molecule has 1 saturated carbocycles. The molecule has 5 heteroatoms. The van der Waals surface area contributed by atoms with Crippen LogP contribution < -0.4 is 5.32 Å². The average molecular weight is 338 g/mol. The molecule has 25 heavy (non-hydrogen) atoms. The van der Waals surface area contributed by atoms with E-state index in [1.165, 1.54) is 0 Å². The van der Waals surface area contributed by atoms with Crippen molar-refractivity contribution in [2.45, 2.75) is 50.6 Å². The van der Waals surface area contributed by atoms with E-state index in [-0.39, 0.29) is 11.9 Å². The summed E-state index contributed by atoms with van der Waals surface area (Å²) in [4.78, 5) is 22.8. The minimum absolute atomic E-state index is 0.0630. The number of hydrogen-bond donors (Lipinski definition) is 2. The van der Waals surface area contributed by atoms with Crippen molar-refractivity contribution in [1.82, 2.24) is 20.2 Å². The van der Waals surface area contributed by atoms with E-state index in [0.29, 0.717) is 12.0 Å². The van der Waals surface area contributed by atoms with Crippen LogP contribution >= 0.6 is 0 Å². The zero-order valence-corrected chi connectivity index (χ0v) is 14.7. The fourth-order valence-corrected chi connectivity index (χ4v) is 3.61. The van der Waals surface area contributed by atoms with Crippen LogP contribution in [-0.4, -0.2) is 45.9 Å². The molecule has 1 saturated heterocycles. The molecule has 2 heterocycles. The van der Waals surface area contributed by atoms with E-state index in [1.807, 2.05) is 31.3 Å². The number of rotatable bonds is 5. The van der Waals surface area contributed by atoms with Gasteiger partial charge in [0, 0.05) is 18.5 Å². The number of likely N-dealkylation sites (tertiary alicyclic amines) is 1. The first-order chi connectivity index (χ1) is 12.2. The maximum atomic E-state index is 12.3. The second-order valence-corrected chi connectivity index (χ2v) is 7.34. The molecule has 4 rings (SSSR count). The summed E-state index contributed by atoms with van der Waals surface area (Å²) in [5.41, 5.74) is 2.22. The third-order valence-corrected chi connectivity index (χ3v) is 5.37. The second-order valence-electron chi connectivity index (χ2n) is 7.34. The summed E-state index contributed by atoms with van der Waals surface area (Å²) in [5.74, 6) is 1.58. The molecule has 0 unspecified atom stereocenters. The molecule has 1 aliphatic heterocycles. The predicted molar refractivity (Wildman–Crippen MR) is 98.2 cm³/mol. The number of aromatic amines is 1. The Morgan fingerprint density at radius 3 is 2.84 bits per heavy atom. The first-order valence-electron chi connectivity index (χ1n) is 9.35. The number of nitrogens with one attached hydrogen (secondary N) is 2. The van der Waals surface area contributed by atoms with Gasteiger partial charge in [-0.3, -0.25) is 9.69 Å². The molecule has 1 aliphatic carbocycles. The third-order valence-electron chi connectivity index (χ3n) is 5.37. The molecule has 2 fully saturated rings. The summed E-state index contributed by atoms with van der Waals surface area (Å²) in [6.07, 6.45) is 6.42. The first-order valence-corrected chi connectivity index (χ1v) is 9.35. The van der Waals surface area contributed by atoms with Crippen LogP contribution in [-0.2, 0) is 4.79 Å². The fourth-order valence-electron chi connectivity index (χ4n) is 3.61. The molecule has 0 bridgehead atoms. The minimum Gasteiger partial charge on any atom is -0.352 e. The zero-order chi connectivity index (χ0) is 17.2. The van der Waals surface area contributed by atoms with Gasteiger partial charge < -0.3 is 10.3 Å². The molecule has 2 atom stereocenters. The molecule has 1 aromatic heterocycles. The van der Waals surface area contributed by atoms with Crippen LogP contribution in [0.15, 0.2) is 36.5 Å². The molecule has 0 spiro atoms. The lowest BCUT2D eigenvalue weighted by Gasteiger charge is -2.35. The van der Waals surface area contributed by atoms with E-state index in [0.717, 1.165) is 55.9 Å². The summed E-state index contributed by atoms with van der Waals surface area (Å²) < 4.78 is 0. The number of benzene rings is 1. The Balaban J connectivity index is 1.42. The van der Waals surface area contributed by atoms with Crippen LogP contribution in [0, 0.1) is 0 Å². The molecule has 2 N–H and O–H groups in total. The quantitative estimate of drug-likeness (QED) is 0.881. The number of amides is 1. The molecule has 1 aromatic carbocycles. The van der Waals surface area contributed by atoms with Crippen molar-refractivity contribution in [1.29, 1.82) is 0 Å². The van der Waals surface area contributed by atoms with E-state index < -0.39 is 0 Å². The van der Waals surface area contributed by atoms with Gasteiger partial charge >= 0.3 is 0 Å². The number of imidazole rings is 1. The maximum absolute atomic E-state index is 12.3. The lowest BCUT2D eigenvalue weighted by Crippen LogP contribution is -2.49. The SMILES string of the molecule is C[C@H](C(=O)NC1CC1)N1CCC[C@H](c2ncc(-c3ccccc3)[nH]2)C1. The highest BCUT2D eigenvalue weighted by atomic mass is 16.2.